The molecule has 8 heteroatoms. The van der Waals surface area contributed by atoms with E-state index in [-0.39, 0.29) is 10.5 Å². The van der Waals surface area contributed by atoms with E-state index in [1.807, 2.05) is 0 Å². The van der Waals surface area contributed by atoms with Crippen LogP contribution in [0.4, 0.5) is 13.2 Å². The number of nitrogens with zero attached hydrogens (tertiary/aromatic N) is 2. The van der Waals surface area contributed by atoms with Crippen molar-refractivity contribution in [2.24, 2.45) is 0 Å². The zero-order chi connectivity index (χ0) is 18.0. The smallest absolute Gasteiger partial charge is 0.436 e. The number of aromatic nitrogens is 2. The van der Waals surface area contributed by atoms with Gasteiger partial charge in [0.25, 0.3) is 0 Å². The average Bonchev–Trinajstić information content (AvgIpc) is 2.60. The molecule has 2 aromatic carbocycles. The molecule has 1 aromatic heterocycles. The van der Waals surface area contributed by atoms with Crippen molar-refractivity contribution in [1.82, 2.24) is 9.97 Å². The summed E-state index contributed by atoms with van der Waals surface area (Å²) in [7, 11) is 2.95. The van der Waals surface area contributed by atoms with Crippen LogP contribution in [-0.2, 0) is 6.18 Å². The number of alkyl halides is 3. The first-order valence-electron chi connectivity index (χ1n) is 7.16. The van der Waals surface area contributed by atoms with Crippen molar-refractivity contribution in [1.29, 1.82) is 0 Å². The Morgan fingerprint density at radius 2 is 1.52 bits per heavy atom. The molecular weight excluding hydrogens is 353 g/mol. The Morgan fingerprint density at radius 1 is 0.880 bits per heavy atom. The minimum absolute atomic E-state index is 0.200. The maximum Gasteiger partial charge on any atom is 0.436 e. The van der Waals surface area contributed by atoms with Crippen LogP contribution in [0.1, 0.15) is 5.69 Å². The lowest BCUT2D eigenvalue weighted by Crippen LogP contribution is -2.11. The zero-order valence-electron chi connectivity index (χ0n) is 13.3. The van der Waals surface area contributed by atoms with E-state index in [1.54, 1.807) is 36.4 Å². The van der Waals surface area contributed by atoms with Gasteiger partial charge in [0, 0.05) is 4.90 Å². The molecule has 3 aromatic rings. The molecular formula is C17H13F3N2O2S. The second kappa shape index (κ2) is 6.79. The van der Waals surface area contributed by atoms with Crippen molar-refractivity contribution in [2.45, 2.75) is 16.1 Å². The van der Waals surface area contributed by atoms with Crippen LogP contribution in [0.3, 0.4) is 0 Å². The molecule has 0 aliphatic carbocycles. The van der Waals surface area contributed by atoms with Crippen LogP contribution < -0.4 is 9.47 Å². The summed E-state index contributed by atoms with van der Waals surface area (Å²) in [5.41, 5.74) is -0.407. The van der Waals surface area contributed by atoms with Crippen LogP contribution in [0.2, 0.25) is 0 Å². The minimum Gasteiger partial charge on any atom is -0.493 e. The second-order valence-electron chi connectivity index (χ2n) is 4.98. The Morgan fingerprint density at radius 3 is 2.12 bits per heavy atom. The molecule has 0 saturated heterocycles. The number of ether oxygens (including phenoxy) is 2. The van der Waals surface area contributed by atoms with Gasteiger partial charge in [0.1, 0.15) is 5.03 Å². The van der Waals surface area contributed by atoms with E-state index in [1.165, 1.54) is 20.3 Å². The molecule has 0 saturated carbocycles. The lowest BCUT2D eigenvalue weighted by Gasteiger charge is -2.13. The van der Waals surface area contributed by atoms with E-state index in [0.717, 1.165) is 11.8 Å². The molecule has 1 heterocycles. The van der Waals surface area contributed by atoms with Gasteiger partial charge in [-0.05, 0) is 30.3 Å². The molecule has 0 aliphatic rings. The highest BCUT2D eigenvalue weighted by atomic mass is 32.2. The van der Waals surface area contributed by atoms with Crippen molar-refractivity contribution in [3.05, 3.63) is 48.2 Å². The summed E-state index contributed by atoms with van der Waals surface area (Å²) in [6.07, 6.45) is -4.60. The molecule has 0 atom stereocenters. The van der Waals surface area contributed by atoms with Gasteiger partial charge in [0.15, 0.2) is 17.2 Å². The summed E-state index contributed by atoms with van der Waals surface area (Å²) in [6.45, 7) is 0. The highest BCUT2D eigenvalue weighted by molar-refractivity contribution is 7.99. The third kappa shape index (κ3) is 3.63. The van der Waals surface area contributed by atoms with E-state index in [4.69, 9.17) is 9.47 Å². The fourth-order valence-corrected chi connectivity index (χ4v) is 3.16. The summed E-state index contributed by atoms with van der Waals surface area (Å²) in [5.74, 6) is 0.919. The van der Waals surface area contributed by atoms with E-state index in [0.29, 0.717) is 21.9 Å². The van der Waals surface area contributed by atoms with Gasteiger partial charge in [0.2, 0.25) is 0 Å². The second-order valence-corrected chi connectivity index (χ2v) is 6.04. The summed E-state index contributed by atoms with van der Waals surface area (Å²) in [6, 6.07) is 11.3. The minimum atomic E-state index is -4.60. The van der Waals surface area contributed by atoms with Gasteiger partial charge >= 0.3 is 6.18 Å². The largest absolute Gasteiger partial charge is 0.493 e. The van der Waals surface area contributed by atoms with Crippen LogP contribution >= 0.6 is 11.8 Å². The van der Waals surface area contributed by atoms with Crippen LogP contribution in [-0.4, -0.2) is 24.2 Å². The predicted octanol–water partition coefficient (Wildman–Crippen LogP) is 4.82. The van der Waals surface area contributed by atoms with Gasteiger partial charge in [-0.25, -0.2) is 9.97 Å². The Bertz CT molecular complexity index is 916. The van der Waals surface area contributed by atoms with E-state index >= 15 is 0 Å². The number of methoxy groups -OCH3 is 2. The van der Waals surface area contributed by atoms with Crippen molar-refractivity contribution >= 4 is 22.8 Å². The SMILES string of the molecule is COc1ccc(Sc2nc3ccccc3nc2C(F)(F)F)cc1OC. The van der Waals surface area contributed by atoms with Gasteiger partial charge in [-0.3, -0.25) is 0 Å². The monoisotopic (exact) mass is 366 g/mol. The first kappa shape index (κ1) is 17.3. The quantitative estimate of drug-likeness (QED) is 0.663. The van der Waals surface area contributed by atoms with Crippen molar-refractivity contribution in [2.75, 3.05) is 14.2 Å². The van der Waals surface area contributed by atoms with Crippen LogP contribution in [0, 0.1) is 0 Å². The Kier molecular flexibility index (Phi) is 4.71. The fraction of sp³-hybridized carbons (Fsp3) is 0.176. The van der Waals surface area contributed by atoms with Gasteiger partial charge in [-0.15, -0.1) is 0 Å². The van der Waals surface area contributed by atoms with E-state index < -0.39 is 11.9 Å². The zero-order valence-corrected chi connectivity index (χ0v) is 14.1. The van der Waals surface area contributed by atoms with Crippen LogP contribution in [0.5, 0.6) is 11.5 Å². The van der Waals surface area contributed by atoms with Crippen molar-refractivity contribution < 1.29 is 22.6 Å². The molecule has 0 unspecified atom stereocenters. The van der Waals surface area contributed by atoms with Gasteiger partial charge < -0.3 is 9.47 Å². The molecule has 0 radical (unpaired) electrons. The molecule has 0 aliphatic heterocycles. The standard InChI is InChI=1S/C17H13F3N2O2S/c1-23-13-8-7-10(9-14(13)24-2)25-16-15(17(18,19)20)21-11-5-3-4-6-12(11)22-16/h3-9H,1-2H3. The molecule has 0 spiro atoms. The summed E-state index contributed by atoms with van der Waals surface area (Å²) >= 11 is 0.875. The highest BCUT2D eigenvalue weighted by Crippen LogP contribution is 2.40. The average molecular weight is 366 g/mol. The van der Waals surface area contributed by atoms with E-state index in [9.17, 15) is 13.2 Å². The number of hydrogen-bond donors (Lipinski definition) is 0. The first-order valence-corrected chi connectivity index (χ1v) is 7.98. The number of para-hydroxylation sites is 2. The van der Waals surface area contributed by atoms with Gasteiger partial charge in [0.05, 0.1) is 25.3 Å². The number of hydrogen-bond acceptors (Lipinski definition) is 5. The maximum absolute atomic E-state index is 13.4. The lowest BCUT2D eigenvalue weighted by molar-refractivity contribution is -0.143. The summed E-state index contributed by atoms with van der Waals surface area (Å²) in [4.78, 5) is 8.43. The number of benzene rings is 2. The molecule has 0 fully saturated rings. The van der Waals surface area contributed by atoms with E-state index in [2.05, 4.69) is 9.97 Å². The molecule has 4 nitrogen and oxygen atoms in total. The number of halogens is 3. The topological polar surface area (TPSA) is 44.2 Å². The molecule has 0 bridgehead atoms. The van der Waals surface area contributed by atoms with Crippen LogP contribution in [0.15, 0.2) is 52.4 Å². The van der Waals surface area contributed by atoms with Gasteiger partial charge in [-0.1, -0.05) is 23.9 Å². The van der Waals surface area contributed by atoms with Gasteiger partial charge in [-0.2, -0.15) is 13.2 Å². The third-order valence-corrected chi connectivity index (χ3v) is 4.34. The van der Waals surface area contributed by atoms with Crippen molar-refractivity contribution in [3.8, 4) is 11.5 Å². The summed E-state index contributed by atoms with van der Waals surface area (Å²) in [5, 5.41) is -0.210. The van der Waals surface area contributed by atoms with Crippen molar-refractivity contribution in [3.63, 3.8) is 0 Å². The Hall–Kier alpha value is -2.48. The fourth-order valence-electron chi connectivity index (χ4n) is 2.23. The molecule has 0 N–H and O–H groups in total. The number of fused-ring (bicyclic) bond motifs is 1. The molecule has 0 amide bonds. The van der Waals surface area contributed by atoms with Crippen LogP contribution in [0.25, 0.3) is 11.0 Å². The lowest BCUT2D eigenvalue weighted by atomic mass is 10.3. The third-order valence-electron chi connectivity index (χ3n) is 3.38. The summed E-state index contributed by atoms with van der Waals surface area (Å²) < 4.78 is 50.5. The molecule has 3 rings (SSSR count). The Labute approximate surface area is 146 Å². The predicted molar refractivity (Wildman–Crippen MR) is 88.2 cm³/mol. The Balaban J connectivity index is 2.08. The molecule has 25 heavy (non-hydrogen) atoms. The maximum atomic E-state index is 13.4. The normalized spacial score (nSPS) is 11.6. The number of rotatable bonds is 4. The highest BCUT2D eigenvalue weighted by Gasteiger charge is 2.37. The first-order chi connectivity index (χ1) is 11.9. The molecule has 130 valence electrons.